The fourth-order valence-electron chi connectivity index (χ4n) is 3.20. The average Bonchev–Trinajstić information content (AvgIpc) is 2.59. The molecule has 4 rings (SSSR count). The summed E-state index contributed by atoms with van der Waals surface area (Å²) in [7, 11) is -2.17. The molecule has 0 spiro atoms. The molecule has 0 amide bonds. The highest BCUT2D eigenvalue weighted by Crippen LogP contribution is 2.40. The van der Waals surface area contributed by atoms with Crippen LogP contribution in [0.5, 0.6) is 5.75 Å². The van der Waals surface area contributed by atoms with Gasteiger partial charge in [-0.05, 0) is 61.4 Å². The zero-order valence-electron chi connectivity index (χ0n) is 16.5. The Labute approximate surface area is 164 Å². The fourth-order valence-corrected chi connectivity index (χ4v) is 3.20. The molecule has 4 aromatic rings. The molecule has 4 N–H and O–H groups in total. The highest BCUT2D eigenvalue weighted by molar-refractivity contribution is 6.30. The van der Waals surface area contributed by atoms with Gasteiger partial charge >= 0.3 is 7.32 Å². The Bertz CT molecular complexity index is 1080. The molecule has 0 aromatic heterocycles. The van der Waals surface area contributed by atoms with Crippen LogP contribution in [0.1, 0.15) is 27.7 Å². The number of hydrogen-bond donors (Lipinski definition) is 4. The van der Waals surface area contributed by atoms with E-state index < -0.39 is 18.5 Å². The normalized spacial score (nSPS) is 12.3. The summed E-state index contributed by atoms with van der Waals surface area (Å²) < 4.78 is 6.27. The van der Waals surface area contributed by atoms with Crippen LogP contribution in [0, 0.1) is 0 Å². The molecular weight excluding hydrogens is 355 g/mol. The van der Waals surface area contributed by atoms with Gasteiger partial charge in [-0.2, -0.15) is 0 Å². The van der Waals surface area contributed by atoms with Crippen LogP contribution in [0.2, 0.25) is 0 Å². The number of hydrogen-bond acceptors (Lipinski definition) is 5. The molecule has 6 heteroatoms. The Hall–Kier alpha value is -2.38. The second kappa shape index (κ2) is 7.22. The second-order valence-corrected chi connectivity index (χ2v) is 7.94. The highest BCUT2D eigenvalue weighted by Gasteiger charge is 2.37. The van der Waals surface area contributed by atoms with E-state index in [0.29, 0.717) is 0 Å². The molecule has 0 heterocycles. The van der Waals surface area contributed by atoms with Gasteiger partial charge in [0.25, 0.3) is 0 Å². The molecule has 0 radical (unpaired) electrons. The van der Waals surface area contributed by atoms with E-state index in [2.05, 4.69) is 48.5 Å². The Kier molecular flexibility index (Phi) is 5.25. The summed E-state index contributed by atoms with van der Waals surface area (Å²) in [6.07, 6.45) is 0. The SMILES string of the molecule is CC(C)(O)C(C)(C)Oc1ccc2ccc3cccc4ccc1c2c34.OB(O)O. The zero-order valence-corrected chi connectivity index (χ0v) is 16.5. The van der Waals surface area contributed by atoms with Gasteiger partial charge in [0.15, 0.2) is 0 Å². The third-order valence-electron chi connectivity index (χ3n) is 5.33. The van der Waals surface area contributed by atoms with E-state index >= 15 is 0 Å². The van der Waals surface area contributed by atoms with Crippen molar-refractivity contribution in [3.05, 3.63) is 54.6 Å². The lowest BCUT2D eigenvalue weighted by Gasteiger charge is -2.37. The third-order valence-corrected chi connectivity index (χ3v) is 5.33. The van der Waals surface area contributed by atoms with Gasteiger partial charge in [-0.1, -0.05) is 42.5 Å². The number of benzene rings is 4. The van der Waals surface area contributed by atoms with E-state index in [9.17, 15) is 5.11 Å². The lowest BCUT2D eigenvalue weighted by atomic mass is 9.89. The topological polar surface area (TPSA) is 90.2 Å². The minimum atomic E-state index is -2.17. The Morgan fingerprint density at radius 3 is 1.71 bits per heavy atom. The Morgan fingerprint density at radius 2 is 1.18 bits per heavy atom. The maximum atomic E-state index is 10.4. The molecule has 0 fully saturated rings. The first-order valence-electron chi connectivity index (χ1n) is 9.13. The smallest absolute Gasteiger partial charge is 0.484 e. The first-order chi connectivity index (χ1) is 13.0. The summed E-state index contributed by atoms with van der Waals surface area (Å²) in [6.45, 7) is 7.40. The van der Waals surface area contributed by atoms with Gasteiger partial charge < -0.3 is 24.9 Å². The minimum absolute atomic E-state index is 0.699. The van der Waals surface area contributed by atoms with E-state index in [1.807, 2.05) is 19.9 Å². The van der Waals surface area contributed by atoms with E-state index in [1.54, 1.807) is 13.8 Å². The molecule has 0 saturated carbocycles. The number of aliphatic hydroxyl groups is 1. The summed E-state index contributed by atoms with van der Waals surface area (Å²) in [4.78, 5) is 0. The average molecular weight is 380 g/mol. The quantitative estimate of drug-likeness (QED) is 0.323. The maximum Gasteiger partial charge on any atom is 0.631 e. The van der Waals surface area contributed by atoms with E-state index in [1.165, 1.54) is 26.9 Å². The monoisotopic (exact) mass is 380 g/mol. The molecule has 0 aliphatic rings. The van der Waals surface area contributed by atoms with E-state index in [-0.39, 0.29) is 0 Å². The largest absolute Gasteiger partial charge is 0.631 e. The maximum absolute atomic E-state index is 10.4. The predicted molar refractivity (Wildman–Crippen MR) is 114 cm³/mol. The number of ether oxygens (including phenoxy) is 1. The van der Waals surface area contributed by atoms with Crippen molar-refractivity contribution < 1.29 is 24.9 Å². The Morgan fingerprint density at radius 1 is 0.714 bits per heavy atom. The molecule has 5 nitrogen and oxygen atoms in total. The van der Waals surface area contributed by atoms with Crippen LogP contribution in [0.4, 0.5) is 0 Å². The van der Waals surface area contributed by atoms with Crippen LogP contribution in [0.3, 0.4) is 0 Å². The van der Waals surface area contributed by atoms with Crippen molar-refractivity contribution in [3.8, 4) is 5.75 Å². The lowest BCUT2D eigenvalue weighted by Crippen LogP contribution is -2.49. The molecule has 0 aliphatic heterocycles. The number of rotatable bonds is 3. The van der Waals surface area contributed by atoms with Crippen LogP contribution in [0.15, 0.2) is 54.6 Å². The third kappa shape index (κ3) is 3.77. The van der Waals surface area contributed by atoms with Crippen molar-refractivity contribution in [1.82, 2.24) is 0 Å². The molecule has 146 valence electrons. The first kappa shape index (κ1) is 20.4. The molecule has 0 bridgehead atoms. The minimum Gasteiger partial charge on any atom is -0.484 e. The van der Waals surface area contributed by atoms with Gasteiger partial charge in [0.2, 0.25) is 0 Å². The van der Waals surface area contributed by atoms with E-state index in [4.69, 9.17) is 19.8 Å². The predicted octanol–water partition coefficient (Wildman–Crippen LogP) is 3.46. The summed E-state index contributed by atoms with van der Waals surface area (Å²) >= 11 is 0. The Balaban J connectivity index is 0.000000516. The van der Waals surface area contributed by atoms with Crippen molar-refractivity contribution in [2.24, 2.45) is 0 Å². The van der Waals surface area contributed by atoms with Crippen LogP contribution in [-0.4, -0.2) is 38.7 Å². The van der Waals surface area contributed by atoms with Crippen molar-refractivity contribution in [3.63, 3.8) is 0 Å². The van der Waals surface area contributed by atoms with Crippen LogP contribution < -0.4 is 4.74 Å². The van der Waals surface area contributed by atoms with Gasteiger partial charge in [-0.25, -0.2) is 0 Å². The first-order valence-corrected chi connectivity index (χ1v) is 9.13. The van der Waals surface area contributed by atoms with E-state index in [0.717, 1.165) is 11.1 Å². The van der Waals surface area contributed by atoms with Gasteiger partial charge in [0, 0.05) is 10.8 Å². The van der Waals surface area contributed by atoms with Crippen molar-refractivity contribution in [2.45, 2.75) is 38.9 Å². The lowest BCUT2D eigenvalue weighted by molar-refractivity contribution is -0.0899. The van der Waals surface area contributed by atoms with Gasteiger partial charge in [-0.15, -0.1) is 0 Å². The zero-order chi connectivity index (χ0) is 20.7. The molecule has 0 aliphatic carbocycles. The van der Waals surface area contributed by atoms with Crippen molar-refractivity contribution in [2.75, 3.05) is 0 Å². The molecule has 28 heavy (non-hydrogen) atoms. The van der Waals surface area contributed by atoms with Gasteiger partial charge in [0.05, 0.1) is 5.60 Å². The summed E-state index contributed by atoms with van der Waals surface area (Å²) in [6, 6.07) is 19.1. The van der Waals surface area contributed by atoms with Crippen LogP contribution in [-0.2, 0) is 0 Å². The molecule has 0 saturated heterocycles. The van der Waals surface area contributed by atoms with Gasteiger partial charge in [0.1, 0.15) is 11.4 Å². The molecular formula is C22H25BO5. The van der Waals surface area contributed by atoms with Crippen molar-refractivity contribution >= 4 is 39.6 Å². The molecule has 0 unspecified atom stereocenters. The molecule has 0 atom stereocenters. The summed E-state index contributed by atoms with van der Waals surface area (Å²) in [5, 5.41) is 39.2. The molecule has 4 aromatic carbocycles. The summed E-state index contributed by atoms with van der Waals surface area (Å²) in [5.41, 5.74) is -1.65. The second-order valence-electron chi connectivity index (χ2n) is 7.94. The standard InChI is InChI=1S/C22H22O2.BH3O3/c1-21(2,23)22(3,4)24-18-13-11-16-9-8-14-6-5-7-15-10-12-17(18)20(16)19(14)15;2-1(3)4/h5-13,23H,1-4H3;2-4H. The van der Waals surface area contributed by atoms with Crippen LogP contribution in [0.25, 0.3) is 32.3 Å². The fraction of sp³-hybridized carbons (Fsp3) is 0.273. The summed E-state index contributed by atoms with van der Waals surface area (Å²) in [5.74, 6) is 0.813. The van der Waals surface area contributed by atoms with Crippen molar-refractivity contribution in [1.29, 1.82) is 0 Å². The highest BCUT2D eigenvalue weighted by atomic mass is 16.5. The van der Waals surface area contributed by atoms with Gasteiger partial charge in [-0.3, -0.25) is 0 Å². The van der Waals surface area contributed by atoms with Crippen LogP contribution >= 0.6 is 0 Å².